The van der Waals surface area contributed by atoms with Crippen molar-refractivity contribution in [3.8, 4) is 0 Å². The van der Waals surface area contributed by atoms with E-state index in [9.17, 15) is 12.8 Å². The molecule has 0 aliphatic rings. The molecule has 4 nitrogen and oxygen atoms in total. The highest BCUT2D eigenvalue weighted by Crippen LogP contribution is 2.21. The average molecular weight is 339 g/mol. The summed E-state index contributed by atoms with van der Waals surface area (Å²) in [6, 6.07) is 4.13. The van der Waals surface area contributed by atoms with Crippen molar-refractivity contribution in [2.45, 2.75) is 12.8 Å². The molecular formula is C11H16BrFN2O2S. The van der Waals surface area contributed by atoms with E-state index in [0.29, 0.717) is 10.9 Å². The van der Waals surface area contributed by atoms with Gasteiger partial charge in [-0.1, -0.05) is 15.9 Å². The number of anilines is 1. The van der Waals surface area contributed by atoms with E-state index < -0.39 is 15.8 Å². The Hall–Kier alpha value is -0.660. The van der Waals surface area contributed by atoms with Crippen molar-refractivity contribution in [2.24, 2.45) is 0 Å². The first-order valence-corrected chi connectivity index (χ1v) is 7.99. The maximum atomic E-state index is 13.4. The number of rotatable bonds is 7. The average Bonchev–Trinajstić information content (AvgIpc) is 2.29. The molecule has 0 bridgehead atoms. The maximum absolute atomic E-state index is 13.4. The first-order valence-electron chi connectivity index (χ1n) is 5.55. The minimum Gasteiger partial charge on any atom is -0.320 e. The SMILES string of the molecule is CNCCCCS(=O)(=O)Nc1cc(Br)ccc1F. The molecule has 0 saturated carbocycles. The molecule has 1 aromatic rings. The highest BCUT2D eigenvalue weighted by Gasteiger charge is 2.13. The molecule has 0 amide bonds. The zero-order valence-electron chi connectivity index (χ0n) is 10.0. The van der Waals surface area contributed by atoms with Crippen molar-refractivity contribution in [1.82, 2.24) is 5.32 Å². The lowest BCUT2D eigenvalue weighted by Gasteiger charge is -2.09. The van der Waals surface area contributed by atoms with E-state index in [-0.39, 0.29) is 11.4 Å². The van der Waals surface area contributed by atoms with Crippen LogP contribution >= 0.6 is 15.9 Å². The molecule has 1 aromatic carbocycles. The van der Waals surface area contributed by atoms with Gasteiger partial charge in [-0.25, -0.2) is 12.8 Å². The Balaban J connectivity index is 2.62. The smallest absolute Gasteiger partial charge is 0.232 e. The van der Waals surface area contributed by atoms with E-state index in [2.05, 4.69) is 26.0 Å². The van der Waals surface area contributed by atoms with Gasteiger partial charge in [0.25, 0.3) is 0 Å². The fourth-order valence-electron chi connectivity index (χ4n) is 1.39. The molecular weight excluding hydrogens is 323 g/mol. The molecule has 0 aliphatic carbocycles. The van der Waals surface area contributed by atoms with Crippen molar-refractivity contribution in [1.29, 1.82) is 0 Å². The highest BCUT2D eigenvalue weighted by molar-refractivity contribution is 9.10. The first kappa shape index (κ1) is 15.4. The van der Waals surface area contributed by atoms with Crippen LogP contribution in [-0.4, -0.2) is 27.8 Å². The number of hydrogen-bond donors (Lipinski definition) is 2. The van der Waals surface area contributed by atoms with Gasteiger partial charge < -0.3 is 5.32 Å². The van der Waals surface area contributed by atoms with E-state index >= 15 is 0 Å². The second-order valence-corrected chi connectivity index (χ2v) is 6.61. The second kappa shape index (κ2) is 7.06. The van der Waals surface area contributed by atoms with Crippen LogP contribution in [0.15, 0.2) is 22.7 Å². The van der Waals surface area contributed by atoms with Crippen LogP contribution in [0.4, 0.5) is 10.1 Å². The Morgan fingerprint density at radius 1 is 1.33 bits per heavy atom. The lowest BCUT2D eigenvalue weighted by atomic mass is 10.3. The standard InChI is InChI=1S/C11H16BrFN2O2S/c1-14-6-2-3-7-18(16,17)15-11-8-9(12)4-5-10(11)13/h4-5,8,14-15H,2-3,6-7H2,1H3. The van der Waals surface area contributed by atoms with Crippen molar-refractivity contribution >= 4 is 31.6 Å². The highest BCUT2D eigenvalue weighted by atomic mass is 79.9. The third kappa shape index (κ3) is 5.32. The number of halogens is 2. The van der Waals surface area contributed by atoms with Gasteiger partial charge in [-0.15, -0.1) is 0 Å². The van der Waals surface area contributed by atoms with Gasteiger partial charge in [0, 0.05) is 4.47 Å². The summed E-state index contributed by atoms with van der Waals surface area (Å²) in [5, 5.41) is 2.94. The molecule has 0 fully saturated rings. The second-order valence-electron chi connectivity index (χ2n) is 3.86. The number of sulfonamides is 1. The van der Waals surface area contributed by atoms with E-state index in [1.807, 2.05) is 7.05 Å². The lowest BCUT2D eigenvalue weighted by molar-refractivity contribution is 0.593. The molecule has 18 heavy (non-hydrogen) atoms. The number of hydrogen-bond acceptors (Lipinski definition) is 3. The van der Waals surface area contributed by atoms with E-state index in [1.54, 1.807) is 0 Å². The first-order chi connectivity index (χ1) is 8.44. The molecule has 0 spiro atoms. The number of benzene rings is 1. The van der Waals surface area contributed by atoms with Crippen molar-refractivity contribution in [3.63, 3.8) is 0 Å². The molecule has 0 heterocycles. The van der Waals surface area contributed by atoms with Crippen LogP contribution in [0.1, 0.15) is 12.8 Å². The van der Waals surface area contributed by atoms with Crippen LogP contribution in [0.3, 0.4) is 0 Å². The summed E-state index contributed by atoms with van der Waals surface area (Å²) < 4.78 is 39.7. The monoisotopic (exact) mass is 338 g/mol. The third-order valence-corrected chi connectivity index (χ3v) is 4.13. The predicted molar refractivity (Wildman–Crippen MR) is 74.7 cm³/mol. The minimum atomic E-state index is -3.49. The normalized spacial score (nSPS) is 11.5. The molecule has 2 N–H and O–H groups in total. The van der Waals surface area contributed by atoms with E-state index in [1.165, 1.54) is 18.2 Å². The van der Waals surface area contributed by atoms with Crippen molar-refractivity contribution in [3.05, 3.63) is 28.5 Å². The largest absolute Gasteiger partial charge is 0.320 e. The molecule has 0 radical (unpaired) electrons. The van der Waals surface area contributed by atoms with Gasteiger partial charge in [0.05, 0.1) is 11.4 Å². The van der Waals surface area contributed by atoms with Crippen LogP contribution in [0.2, 0.25) is 0 Å². The minimum absolute atomic E-state index is 0.0133. The summed E-state index contributed by atoms with van der Waals surface area (Å²) in [4.78, 5) is 0. The molecule has 0 saturated heterocycles. The zero-order chi connectivity index (χ0) is 13.6. The van der Waals surface area contributed by atoms with Gasteiger partial charge in [-0.2, -0.15) is 0 Å². The van der Waals surface area contributed by atoms with Gasteiger partial charge in [0.1, 0.15) is 5.82 Å². The number of nitrogens with one attached hydrogen (secondary N) is 2. The molecule has 1 rings (SSSR count). The van der Waals surface area contributed by atoms with E-state index in [0.717, 1.165) is 13.0 Å². The third-order valence-electron chi connectivity index (χ3n) is 2.28. The molecule has 0 aliphatic heterocycles. The topological polar surface area (TPSA) is 58.2 Å². The fourth-order valence-corrected chi connectivity index (χ4v) is 2.93. The van der Waals surface area contributed by atoms with Crippen molar-refractivity contribution in [2.75, 3.05) is 24.1 Å². The van der Waals surface area contributed by atoms with Crippen LogP contribution in [0.25, 0.3) is 0 Å². The molecule has 0 aromatic heterocycles. The summed E-state index contributed by atoms with van der Waals surface area (Å²) in [6.45, 7) is 0.765. The van der Waals surface area contributed by atoms with Crippen LogP contribution < -0.4 is 10.0 Å². The molecule has 0 unspecified atom stereocenters. The van der Waals surface area contributed by atoms with Crippen LogP contribution in [0.5, 0.6) is 0 Å². The van der Waals surface area contributed by atoms with Gasteiger partial charge in [-0.05, 0) is 44.6 Å². The summed E-state index contributed by atoms with van der Waals surface area (Å²) in [5.41, 5.74) is -0.0296. The summed E-state index contributed by atoms with van der Waals surface area (Å²) >= 11 is 3.17. The Bertz CT molecular complexity index is 494. The molecule has 0 atom stereocenters. The Morgan fingerprint density at radius 3 is 2.72 bits per heavy atom. The predicted octanol–water partition coefficient (Wildman–Crippen LogP) is 2.33. The zero-order valence-corrected chi connectivity index (χ0v) is 12.4. The van der Waals surface area contributed by atoms with Gasteiger partial charge in [-0.3, -0.25) is 4.72 Å². The lowest BCUT2D eigenvalue weighted by Crippen LogP contribution is -2.18. The van der Waals surface area contributed by atoms with Crippen LogP contribution in [-0.2, 0) is 10.0 Å². The Morgan fingerprint density at radius 2 is 2.06 bits per heavy atom. The quantitative estimate of drug-likeness (QED) is 0.750. The van der Waals surface area contributed by atoms with E-state index in [4.69, 9.17) is 0 Å². The summed E-state index contributed by atoms with van der Waals surface area (Å²) in [7, 11) is -1.68. The van der Waals surface area contributed by atoms with Crippen LogP contribution in [0, 0.1) is 5.82 Å². The van der Waals surface area contributed by atoms with Gasteiger partial charge in [0.2, 0.25) is 10.0 Å². The molecule has 102 valence electrons. The van der Waals surface area contributed by atoms with Gasteiger partial charge >= 0.3 is 0 Å². The van der Waals surface area contributed by atoms with Crippen molar-refractivity contribution < 1.29 is 12.8 Å². The summed E-state index contributed by atoms with van der Waals surface area (Å²) in [6.07, 6.45) is 1.30. The van der Waals surface area contributed by atoms with Gasteiger partial charge in [0.15, 0.2) is 0 Å². The Labute approximate surface area is 115 Å². The maximum Gasteiger partial charge on any atom is 0.232 e. The summed E-state index contributed by atoms with van der Waals surface area (Å²) in [5.74, 6) is -0.599. The molecule has 7 heteroatoms. The number of unbranched alkanes of at least 4 members (excludes halogenated alkanes) is 1. The fraction of sp³-hybridized carbons (Fsp3) is 0.455. The Kier molecular flexibility index (Phi) is 6.04.